The largest absolute Gasteiger partial charge is 0.504 e. The van der Waals surface area contributed by atoms with Crippen molar-refractivity contribution in [1.29, 1.82) is 0 Å². The number of nitrogens with one attached hydrogen (secondary N) is 1. The monoisotopic (exact) mass is 393 g/mol. The Bertz CT molecular complexity index is 822. The Morgan fingerprint density at radius 3 is 2.46 bits per heavy atom. The smallest absolute Gasteiger partial charge is 0.386 e. The second-order valence-corrected chi connectivity index (χ2v) is 5.67. The molecule has 150 valence electrons. The SMILES string of the molecule is COc1ccc(/C(=C\OC(F)F)C(=O)NCCc2ccc(O)c(OC)c2)cc1. The summed E-state index contributed by atoms with van der Waals surface area (Å²) in [6, 6.07) is 11.2. The molecule has 0 unspecified atom stereocenters. The van der Waals surface area contributed by atoms with Gasteiger partial charge in [0.2, 0.25) is 0 Å². The molecule has 1 amide bonds. The van der Waals surface area contributed by atoms with Crippen molar-refractivity contribution in [1.82, 2.24) is 5.32 Å². The summed E-state index contributed by atoms with van der Waals surface area (Å²) in [6.07, 6.45) is 1.19. The molecule has 0 atom stereocenters. The fourth-order valence-electron chi connectivity index (χ4n) is 2.44. The first-order chi connectivity index (χ1) is 13.4. The van der Waals surface area contributed by atoms with Gasteiger partial charge in [0, 0.05) is 6.54 Å². The second-order valence-electron chi connectivity index (χ2n) is 5.67. The number of benzene rings is 2. The van der Waals surface area contributed by atoms with E-state index in [0.717, 1.165) is 11.8 Å². The van der Waals surface area contributed by atoms with Crippen molar-refractivity contribution in [2.75, 3.05) is 20.8 Å². The second kappa shape index (κ2) is 10.1. The zero-order valence-corrected chi connectivity index (χ0v) is 15.4. The number of alkyl halides is 2. The number of phenolic OH excluding ortho intramolecular Hbond substituents is 1. The number of halogens is 2. The zero-order valence-electron chi connectivity index (χ0n) is 15.4. The Kier molecular flexibility index (Phi) is 7.62. The van der Waals surface area contributed by atoms with E-state index in [2.05, 4.69) is 10.1 Å². The average molecular weight is 393 g/mol. The van der Waals surface area contributed by atoms with Gasteiger partial charge in [-0.1, -0.05) is 18.2 Å². The molecule has 0 spiro atoms. The van der Waals surface area contributed by atoms with E-state index in [1.807, 2.05) is 0 Å². The highest BCUT2D eigenvalue weighted by Crippen LogP contribution is 2.26. The molecule has 0 fully saturated rings. The molecular weight excluding hydrogens is 372 g/mol. The Morgan fingerprint density at radius 2 is 1.86 bits per heavy atom. The van der Waals surface area contributed by atoms with Crippen LogP contribution in [0.1, 0.15) is 11.1 Å². The summed E-state index contributed by atoms with van der Waals surface area (Å²) >= 11 is 0. The lowest BCUT2D eigenvalue weighted by atomic mass is 10.1. The van der Waals surface area contributed by atoms with E-state index in [1.165, 1.54) is 20.3 Å². The minimum atomic E-state index is -3.04. The summed E-state index contributed by atoms with van der Waals surface area (Å²) in [6.45, 7) is -2.79. The zero-order chi connectivity index (χ0) is 20.5. The van der Waals surface area contributed by atoms with Gasteiger partial charge in [0.15, 0.2) is 11.5 Å². The van der Waals surface area contributed by atoms with Gasteiger partial charge in [0.25, 0.3) is 5.91 Å². The van der Waals surface area contributed by atoms with Crippen LogP contribution in [0.2, 0.25) is 0 Å². The third kappa shape index (κ3) is 5.87. The third-order valence-electron chi connectivity index (χ3n) is 3.88. The average Bonchev–Trinajstić information content (AvgIpc) is 2.69. The summed E-state index contributed by atoms with van der Waals surface area (Å²) in [4.78, 5) is 12.5. The number of amides is 1. The van der Waals surface area contributed by atoms with E-state index in [0.29, 0.717) is 23.5 Å². The van der Waals surface area contributed by atoms with Crippen molar-refractivity contribution in [3.8, 4) is 17.2 Å². The molecule has 0 bridgehead atoms. The van der Waals surface area contributed by atoms with E-state index < -0.39 is 12.5 Å². The molecule has 2 N–H and O–H groups in total. The van der Waals surface area contributed by atoms with Crippen molar-refractivity contribution in [3.05, 3.63) is 59.9 Å². The lowest BCUT2D eigenvalue weighted by Crippen LogP contribution is -2.26. The van der Waals surface area contributed by atoms with Crippen LogP contribution in [0.3, 0.4) is 0 Å². The van der Waals surface area contributed by atoms with E-state index in [4.69, 9.17) is 9.47 Å². The quantitative estimate of drug-likeness (QED) is 0.505. The van der Waals surface area contributed by atoms with Gasteiger partial charge in [-0.05, 0) is 41.8 Å². The molecule has 2 aromatic rings. The maximum Gasteiger partial charge on any atom is 0.386 e. The van der Waals surface area contributed by atoms with Crippen LogP contribution in [0.4, 0.5) is 8.78 Å². The summed E-state index contributed by atoms with van der Waals surface area (Å²) in [7, 11) is 2.94. The van der Waals surface area contributed by atoms with Crippen molar-refractivity contribution in [3.63, 3.8) is 0 Å². The number of phenols is 1. The van der Waals surface area contributed by atoms with Gasteiger partial charge < -0.3 is 24.6 Å². The number of hydrogen-bond donors (Lipinski definition) is 2. The highest BCUT2D eigenvalue weighted by atomic mass is 19.3. The molecule has 0 aliphatic rings. The van der Waals surface area contributed by atoms with Crippen molar-refractivity contribution < 1.29 is 32.9 Å². The van der Waals surface area contributed by atoms with Crippen LogP contribution in [-0.2, 0) is 16.0 Å². The number of aromatic hydroxyl groups is 1. The fraction of sp³-hybridized carbons (Fsp3) is 0.250. The van der Waals surface area contributed by atoms with Gasteiger partial charge in [-0.25, -0.2) is 0 Å². The lowest BCUT2D eigenvalue weighted by molar-refractivity contribution is -0.116. The molecule has 0 aliphatic heterocycles. The van der Waals surface area contributed by atoms with Gasteiger partial charge in [-0.3, -0.25) is 4.79 Å². The van der Waals surface area contributed by atoms with E-state index in [1.54, 1.807) is 36.4 Å². The highest BCUT2D eigenvalue weighted by molar-refractivity contribution is 6.19. The Morgan fingerprint density at radius 1 is 1.14 bits per heavy atom. The molecule has 2 rings (SSSR count). The lowest BCUT2D eigenvalue weighted by Gasteiger charge is -2.11. The maximum atomic E-state index is 12.5. The molecule has 0 heterocycles. The Labute approximate surface area is 161 Å². The standard InChI is InChI=1S/C20H21F2NO5/c1-26-15-6-4-14(5-7-15)16(12-28-20(21)22)19(25)23-10-9-13-3-8-17(24)18(11-13)27-2/h3-8,11-12,20,24H,9-10H2,1-2H3,(H,23,25)/b16-12+. The molecule has 6 nitrogen and oxygen atoms in total. The van der Waals surface area contributed by atoms with Crippen LogP contribution in [0.5, 0.6) is 17.2 Å². The van der Waals surface area contributed by atoms with Gasteiger partial charge >= 0.3 is 6.61 Å². The van der Waals surface area contributed by atoms with E-state index in [9.17, 15) is 18.7 Å². The summed E-state index contributed by atoms with van der Waals surface area (Å²) in [5.41, 5.74) is 1.20. The molecule has 0 saturated heterocycles. The van der Waals surface area contributed by atoms with Crippen LogP contribution in [-0.4, -0.2) is 38.4 Å². The van der Waals surface area contributed by atoms with Crippen LogP contribution in [0, 0.1) is 0 Å². The summed E-state index contributed by atoms with van der Waals surface area (Å²) in [5.74, 6) is 0.355. The molecular formula is C20H21F2NO5. The topological polar surface area (TPSA) is 77.0 Å². The van der Waals surface area contributed by atoms with Crippen LogP contribution in [0.25, 0.3) is 5.57 Å². The number of carbonyl (C=O) groups is 1. The molecule has 28 heavy (non-hydrogen) atoms. The maximum absolute atomic E-state index is 12.5. The molecule has 2 aromatic carbocycles. The normalized spacial score (nSPS) is 11.2. The first-order valence-electron chi connectivity index (χ1n) is 8.37. The molecule has 8 heteroatoms. The summed E-state index contributed by atoms with van der Waals surface area (Å²) < 4.78 is 39.1. The predicted octanol–water partition coefficient (Wildman–Crippen LogP) is 3.35. The van der Waals surface area contributed by atoms with Gasteiger partial charge in [0.1, 0.15) is 12.0 Å². The third-order valence-corrected chi connectivity index (χ3v) is 3.88. The first-order valence-corrected chi connectivity index (χ1v) is 8.37. The van der Waals surface area contributed by atoms with Crippen LogP contribution >= 0.6 is 0 Å². The van der Waals surface area contributed by atoms with Crippen LogP contribution in [0.15, 0.2) is 48.7 Å². The number of rotatable bonds is 9. The van der Waals surface area contributed by atoms with Crippen molar-refractivity contribution in [2.24, 2.45) is 0 Å². The highest BCUT2D eigenvalue weighted by Gasteiger charge is 2.14. The number of hydrogen-bond acceptors (Lipinski definition) is 5. The first kappa shape index (κ1) is 21.0. The van der Waals surface area contributed by atoms with E-state index >= 15 is 0 Å². The van der Waals surface area contributed by atoms with Crippen molar-refractivity contribution >= 4 is 11.5 Å². The molecule has 0 aromatic heterocycles. The molecule has 0 aliphatic carbocycles. The number of methoxy groups -OCH3 is 2. The molecule has 0 saturated carbocycles. The Balaban J connectivity index is 2.06. The minimum absolute atomic E-state index is 0.0177. The van der Waals surface area contributed by atoms with E-state index in [-0.39, 0.29) is 17.9 Å². The fourth-order valence-corrected chi connectivity index (χ4v) is 2.44. The van der Waals surface area contributed by atoms with Gasteiger partial charge in [-0.15, -0.1) is 0 Å². The Hall–Kier alpha value is -3.29. The van der Waals surface area contributed by atoms with Crippen molar-refractivity contribution in [2.45, 2.75) is 13.0 Å². The van der Waals surface area contributed by atoms with Gasteiger partial charge in [0.05, 0.1) is 19.8 Å². The molecule has 0 radical (unpaired) electrons. The van der Waals surface area contributed by atoms with Crippen LogP contribution < -0.4 is 14.8 Å². The minimum Gasteiger partial charge on any atom is -0.504 e. The summed E-state index contributed by atoms with van der Waals surface area (Å²) in [5, 5.41) is 12.3. The number of ether oxygens (including phenoxy) is 3. The van der Waals surface area contributed by atoms with Gasteiger partial charge in [-0.2, -0.15) is 8.78 Å². The number of carbonyl (C=O) groups excluding carboxylic acids is 1. The predicted molar refractivity (Wildman–Crippen MR) is 99.4 cm³/mol.